The summed E-state index contributed by atoms with van der Waals surface area (Å²) in [6.45, 7) is 1.02. The van der Waals surface area contributed by atoms with Crippen LogP contribution in [0.4, 0.5) is 4.79 Å². The van der Waals surface area contributed by atoms with Gasteiger partial charge in [-0.3, -0.25) is 0 Å². The van der Waals surface area contributed by atoms with E-state index in [0.717, 1.165) is 33.0 Å². The highest BCUT2D eigenvalue weighted by atomic mass is 32.1. The van der Waals surface area contributed by atoms with Gasteiger partial charge in [-0.25, -0.2) is 9.78 Å². The molecule has 0 radical (unpaired) electrons. The molecule has 3 rings (SSSR count). The van der Waals surface area contributed by atoms with E-state index in [-0.39, 0.29) is 6.03 Å². The minimum Gasteiger partial charge on any atom is -0.497 e. The first-order chi connectivity index (χ1) is 11.7. The Morgan fingerprint density at radius 2 is 1.92 bits per heavy atom. The maximum absolute atomic E-state index is 11.9. The number of hydrogen-bond acceptors (Lipinski definition) is 4. The Morgan fingerprint density at radius 1 is 1.12 bits per heavy atom. The number of benzene rings is 2. The van der Waals surface area contributed by atoms with Gasteiger partial charge in [0.1, 0.15) is 10.8 Å². The number of ether oxygens (including phenoxy) is 1. The van der Waals surface area contributed by atoms with Crippen molar-refractivity contribution in [2.45, 2.75) is 13.0 Å². The van der Waals surface area contributed by atoms with Crippen LogP contribution in [0.3, 0.4) is 0 Å². The fraction of sp³-hybridized carbons (Fsp3) is 0.222. The third-order valence-corrected chi connectivity index (χ3v) is 4.63. The zero-order valence-corrected chi connectivity index (χ0v) is 14.2. The number of carbonyl (C=O) groups excluding carboxylic acids is 1. The number of nitrogens with zero attached hydrogens (tertiary/aromatic N) is 1. The Hall–Kier alpha value is -2.60. The lowest BCUT2D eigenvalue weighted by molar-refractivity contribution is 0.240. The van der Waals surface area contributed by atoms with E-state index in [1.165, 1.54) is 0 Å². The number of fused-ring (bicyclic) bond motifs is 1. The van der Waals surface area contributed by atoms with Gasteiger partial charge in [0.2, 0.25) is 0 Å². The fourth-order valence-corrected chi connectivity index (χ4v) is 3.23. The summed E-state index contributed by atoms with van der Waals surface area (Å²) in [5.41, 5.74) is 2.13. The minimum absolute atomic E-state index is 0.178. The van der Waals surface area contributed by atoms with Crippen LogP contribution in [0.5, 0.6) is 5.75 Å². The molecule has 0 aliphatic carbocycles. The van der Waals surface area contributed by atoms with Crippen molar-refractivity contribution in [3.05, 3.63) is 59.1 Å². The van der Waals surface area contributed by atoms with Gasteiger partial charge in [0.15, 0.2) is 0 Å². The lowest BCUT2D eigenvalue weighted by atomic mass is 10.1. The van der Waals surface area contributed by atoms with Crippen molar-refractivity contribution in [3.8, 4) is 5.75 Å². The second kappa shape index (κ2) is 7.79. The number of urea groups is 1. The Balaban J connectivity index is 1.42. The first-order valence-electron chi connectivity index (χ1n) is 7.73. The molecular formula is C18H19N3O2S. The number of amides is 2. The average Bonchev–Trinajstić information content (AvgIpc) is 3.03. The number of thiazole rings is 1. The Kier molecular flexibility index (Phi) is 5.28. The molecule has 1 aromatic heterocycles. The highest BCUT2D eigenvalue weighted by Gasteiger charge is 2.05. The summed E-state index contributed by atoms with van der Waals surface area (Å²) >= 11 is 1.60. The van der Waals surface area contributed by atoms with Crippen LogP contribution in [0.15, 0.2) is 48.5 Å². The summed E-state index contributed by atoms with van der Waals surface area (Å²) < 4.78 is 6.26. The highest BCUT2D eigenvalue weighted by molar-refractivity contribution is 7.18. The third kappa shape index (κ3) is 4.23. The van der Waals surface area contributed by atoms with Crippen molar-refractivity contribution in [2.75, 3.05) is 13.7 Å². The molecule has 0 saturated carbocycles. The molecule has 0 aliphatic heterocycles. The monoisotopic (exact) mass is 341 g/mol. The van der Waals surface area contributed by atoms with E-state index in [2.05, 4.69) is 15.6 Å². The lowest BCUT2D eigenvalue weighted by Crippen LogP contribution is -2.36. The van der Waals surface area contributed by atoms with Crippen LogP contribution in [-0.4, -0.2) is 24.7 Å². The van der Waals surface area contributed by atoms with E-state index >= 15 is 0 Å². The third-order valence-electron chi connectivity index (χ3n) is 3.60. The SMILES string of the molecule is COc1ccc(CCNC(=O)NCc2nc3ccccc3s2)cc1. The molecule has 6 heteroatoms. The number of carbonyl (C=O) groups is 1. The van der Waals surface area contributed by atoms with Crippen molar-refractivity contribution in [3.63, 3.8) is 0 Å². The zero-order valence-electron chi connectivity index (χ0n) is 13.4. The second-order valence-corrected chi connectivity index (χ2v) is 6.40. The normalized spacial score (nSPS) is 10.5. The first kappa shape index (κ1) is 16.3. The number of nitrogens with one attached hydrogen (secondary N) is 2. The van der Waals surface area contributed by atoms with E-state index in [4.69, 9.17) is 4.74 Å². The van der Waals surface area contributed by atoms with Gasteiger partial charge >= 0.3 is 6.03 Å². The van der Waals surface area contributed by atoms with E-state index in [1.807, 2.05) is 48.5 Å². The van der Waals surface area contributed by atoms with Gasteiger partial charge in [0, 0.05) is 6.54 Å². The van der Waals surface area contributed by atoms with Gasteiger partial charge in [-0.05, 0) is 36.2 Å². The number of aromatic nitrogens is 1. The summed E-state index contributed by atoms with van der Waals surface area (Å²) in [6, 6.07) is 15.6. The lowest BCUT2D eigenvalue weighted by Gasteiger charge is -2.07. The summed E-state index contributed by atoms with van der Waals surface area (Å²) in [5, 5.41) is 6.61. The van der Waals surface area contributed by atoms with E-state index in [1.54, 1.807) is 18.4 Å². The molecule has 0 unspecified atom stereocenters. The molecule has 0 aliphatic rings. The van der Waals surface area contributed by atoms with Crippen LogP contribution in [0.25, 0.3) is 10.2 Å². The summed E-state index contributed by atoms with van der Waals surface area (Å²) in [6.07, 6.45) is 0.776. The van der Waals surface area contributed by atoms with E-state index < -0.39 is 0 Å². The quantitative estimate of drug-likeness (QED) is 0.723. The van der Waals surface area contributed by atoms with Crippen molar-refractivity contribution in [2.24, 2.45) is 0 Å². The van der Waals surface area contributed by atoms with Crippen molar-refractivity contribution in [1.82, 2.24) is 15.6 Å². The van der Waals surface area contributed by atoms with Crippen LogP contribution in [0.1, 0.15) is 10.6 Å². The summed E-state index contributed by atoms with van der Waals surface area (Å²) in [7, 11) is 1.65. The Labute approximate surface area is 144 Å². The van der Waals surface area contributed by atoms with Gasteiger partial charge in [-0.1, -0.05) is 24.3 Å². The van der Waals surface area contributed by atoms with Gasteiger partial charge in [0.05, 0.1) is 23.9 Å². The molecule has 24 heavy (non-hydrogen) atoms. The zero-order chi connectivity index (χ0) is 16.8. The molecule has 3 aromatic rings. The average molecular weight is 341 g/mol. The molecule has 2 N–H and O–H groups in total. The van der Waals surface area contributed by atoms with Gasteiger partial charge in [0.25, 0.3) is 0 Å². The molecule has 2 aromatic carbocycles. The molecule has 0 bridgehead atoms. The summed E-state index contributed by atoms with van der Waals surface area (Å²) in [4.78, 5) is 16.3. The summed E-state index contributed by atoms with van der Waals surface area (Å²) in [5.74, 6) is 0.834. The van der Waals surface area contributed by atoms with Crippen LogP contribution >= 0.6 is 11.3 Å². The predicted octanol–water partition coefficient (Wildman–Crippen LogP) is 3.35. The number of para-hydroxylation sites is 1. The van der Waals surface area contributed by atoms with Gasteiger partial charge in [-0.15, -0.1) is 11.3 Å². The van der Waals surface area contributed by atoms with Crippen molar-refractivity contribution in [1.29, 1.82) is 0 Å². The molecule has 5 nitrogen and oxygen atoms in total. The molecule has 0 fully saturated rings. The van der Waals surface area contributed by atoms with Crippen molar-refractivity contribution >= 4 is 27.6 Å². The van der Waals surface area contributed by atoms with Gasteiger partial charge < -0.3 is 15.4 Å². The molecule has 2 amide bonds. The molecular weight excluding hydrogens is 322 g/mol. The maximum Gasteiger partial charge on any atom is 0.315 e. The molecule has 0 saturated heterocycles. The van der Waals surface area contributed by atoms with Crippen LogP contribution in [0, 0.1) is 0 Å². The standard InChI is InChI=1S/C18H19N3O2S/c1-23-14-8-6-13(7-9-14)10-11-19-18(22)20-12-17-21-15-4-2-3-5-16(15)24-17/h2-9H,10-12H2,1H3,(H2,19,20,22). The largest absolute Gasteiger partial charge is 0.497 e. The second-order valence-electron chi connectivity index (χ2n) is 5.28. The number of rotatable bonds is 6. The van der Waals surface area contributed by atoms with Crippen molar-refractivity contribution < 1.29 is 9.53 Å². The minimum atomic E-state index is -0.178. The molecule has 0 spiro atoms. The first-order valence-corrected chi connectivity index (χ1v) is 8.55. The number of methoxy groups -OCH3 is 1. The van der Waals surface area contributed by atoms with Crippen LogP contribution in [0.2, 0.25) is 0 Å². The number of hydrogen-bond donors (Lipinski definition) is 2. The molecule has 124 valence electrons. The highest BCUT2D eigenvalue weighted by Crippen LogP contribution is 2.21. The maximum atomic E-state index is 11.9. The smallest absolute Gasteiger partial charge is 0.315 e. The van der Waals surface area contributed by atoms with Gasteiger partial charge in [-0.2, -0.15) is 0 Å². The topological polar surface area (TPSA) is 63.2 Å². The fourth-order valence-electron chi connectivity index (χ4n) is 2.33. The molecule has 0 atom stereocenters. The predicted molar refractivity (Wildman–Crippen MR) is 96.6 cm³/mol. The van der Waals surface area contributed by atoms with E-state index in [0.29, 0.717) is 13.1 Å². The van der Waals surface area contributed by atoms with Crippen LogP contribution in [-0.2, 0) is 13.0 Å². The van der Waals surface area contributed by atoms with E-state index in [9.17, 15) is 4.79 Å². The Morgan fingerprint density at radius 3 is 2.67 bits per heavy atom. The Bertz CT molecular complexity index is 782. The van der Waals surface area contributed by atoms with Crippen LogP contribution < -0.4 is 15.4 Å². The molecule has 1 heterocycles.